The zero-order valence-corrected chi connectivity index (χ0v) is 20.1. The summed E-state index contributed by atoms with van der Waals surface area (Å²) in [5, 5.41) is 2.68. The summed E-state index contributed by atoms with van der Waals surface area (Å²) in [6, 6.07) is 6.21. The molecule has 13 heteroatoms. The molecule has 2 aromatic carbocycles. The molecule has 33 heavy (non-hydrogen) atoms. The van der Waals surface area contributed by atoms with Gasteiger partial charge in [-0.2, -0.15) is 13.2 Å². The van der Waals surface area contributed by atoms with Gasteiger partial charge in [-0.05, 0) is 55.7 Å². The molecule has 172 valence electrons. The average Bonchev–Trinajstić information content (AvgIpc) is 3.24. The van der Waals surface area contributed by atoms with E-state index < -0.39 is 34.9 Å². The molecule has 0 bridgehead atoms. The molecule has 1 atom stereocenters. The molecule has 8 nitrogen and oxygen atoms in total. The molecule has 0 heterocycles. The van der Waals surface area contributed by atoms with E-state index in [4.69, 9.17) is 10.5 Å². The molecular formula is C20H18F3N3NaO5S-. The van der Waals surface area contributed by atoms with Crippen LogP contribution in [0.1, 0.15) is 36.6 Å². The van der Waals surface area contributed by atoms with Crippen molar-refractivity contribution in [3.05, 3.63) is 59.2 Å². The number of hydrogen-bond acceptors (Lipinski definition) is 6. The van der Waals surface area contributed by atoms with Crippen molar-refractivity contribution >= 4 is 40.2 Å². The van der Waals surface area contributed by atoms with Crippen LogP contribution in [-0.2, 0) is 22.2 Å². The topological polar surface area (TPSA) is 134 Å². The molecule has 1 unspecified atom stereocenters. The first-order valence-corrected chi connectivity index (χ1v) is 10.3. The number of hydrogen-bond donors (Lipinski definition) is 3. The van der Waals surface area contributed by atoms with Crippen molar-refractivity contribution in [2.45, 2.75) is 25.4 Å². The van der Waals surface area contributed by atoms with Gasteiger partial charge in [0.25, 0.3) is 5.91 Å². The van der Waals surface area contributed by atoms with Gasteiger partial charge in [-0.25, -0.2) is 4.79 Å². The monoisotopic (exact) mass is 492 g/mol. The Hall–Kier alpha value is -2.38. The number of alkyl halides is 3. The summed E-state index contributed by atoms with van der Waals surface area (Å²) >= 11 is -2.80. The van der Waals surface area contributed by atoms with Gasteiger partial charge in [0.2, 0.25) is 0 Å². The Morgan fingerprint density at radius 3 is 2.33 bits per heavy atom. The number of ether oxygens (including phenoxy) is 1. The number of carbonyl (C=O) groups is 2. The van der Waals surface area contributed by atoms with E-state index in [9.17, 15) is 31.5 Å². The fourth-order valence-corrected chi connectivity index (χ4v) is 3.48. The zero-order chi connectivity index (χ0) is 23.5. The van der Waals surface area contributed by atoms with Crippen LogP contribution in [0.25, 0.3) is 0 Å². The summed E-state index contributed by atoms with van der Waals surface area (Å²) in [5.74, 6) is -1.96. The normalized spacial score (nSPS) is 14.0. The van der Waals surface area contributed by atoms with E-state index in [1.54, 1.807) is 6.08 Å². The van der Waals surface area contributed by atoms with Gasteiger partial charge in [-0.1, -0.05) is 6.08 Å². The van der Waals surface area contributed by atoms with Crippen molar-refractivity contribution in [3.63, 3.8) is 0 Å². The minimum atomic E-state index is -4.55. The van der Waals surface area contributed by atoms with Crippen molar-refractivity contribution < 1.29 is 67.2 Å². The van der Waals surface area contributed by atoms with Crippen molar-refractivity contribution in [3.8, 4) is 5.75 Å². The maximum atomic E-state index is 12.8. The number of benzene rings is 2. The van der Waals surface area contributed by atoms with Crippen LogP contribution in [0, 0.1) is 0 Å². The molecule has 0 saturated carbocycles. The standard InChI is InChI=1S/C20H18F3N3O5S.Na.H/c21-20(22,23)12-5-7-13(8-6-12)25-17-14(26-32(29)30)9-10-15(16(17)18(24)27)31-19(28)11-3-1-2-4-11;;/h3,5-10,25-26H,1-2,4H2,(H2,24,27)(H,29,30);;/q;+1;-1/p-1. The first-order chi connectivity index (χ1) is 15.1. The van der Waals surface area contributed by atoms with Gasteiger partial charge in [0.1, 0.15) is 11.3 Å². The van der Waals surface area contributed by atoms with Crippen LogP contribution in [-0.4, -0.2) is 20.6 Å². The molecule has 0 radical (unpaired) electrons. The van der Waals surface area contributed by atoms with Gasteiger partial charge < -0.3 is 26.5 Å². The Morgan fingerprint density at radius 1 is 1.15 bits per heavy atom. The number of allylic oxidation sites excluding steroid dienone is 1. The molecule has 1 amide bonds. The second-order valence-electron chi connectivity index (χ2n) is 6.77. The molecule has 0 saturated heterocycles. The molecule has 1 aliphatic carbocycles. The number of esters is 1. The van der Waals surface area contributed by atoms with Crippen LogP contribution in [0.15, 0.2) is 48.0 Å². The number of halogens is 3. The third-order valence-corrected chi connectivity index (χ3v) is 4.98. The summed E-state index contributed by atoms with van der Waals surface area (Å²) in [6.45, 7) is 0. The number of rotatable bonds is 7. The smallest absolute Gasteiger partial charge is 1.00 e. The third kappa shape index (κ3) is 6.81. The zero-order valence-electron chi connectivity index (χ0n) is 18.3. The third-order valence-electron chi connectivity index (χ3n) is 4.59. The Morgan fingerprint density at radius 2 is 1.82 bits per heavy atom. The van der Waals surface area contributed by atoms with Crippen molar-refractivity contribution in [1.29, 1.82) is 0 Å². The predicted octanol–water partition coefficient (Wildman–Crippen LogP) is 0.886. The van der Waals surface area contributed by atoms with Gasteiger partial charge in [0.15, 0.2) is 0 Å². The van der Waals surface area contributed by atoms with Crippen LogP contribution >= 0.6 is 0 Å². The SMILES string of the molecule is NC(=O)c1c(OC(=O)C2=CCCC2)ccc(NS(=O)[O-])c1Nc1ccc(C(F)(F)F)cc1.[H-].[Na+]. The number of nitrogens with one attached hydrogen (secondary N) is 2. The Kier molecular flexibility index (Phi) is 9.09. The average molecular weight is 492 g/mol. The maximum absolute atomic E-state index is 12.8. The van der Waals surface area contributed by atoms with Crippen LogP contribution in [0.5, 0.6) is 5.75 Å². The van der Waals surface area contributed by atoms with E-state index in [1.807, 2.05) is 0 Å². The minimum absolute atomic E-state index is 0. The molecule has 4 N–H and O–H groups in total. The summed E-state index contributed by atoms with van der Waals surface area (Å²) in [7, 11) is 0. The fraction of sp³-hybridized carbons (Fsp3) is 0.200. The Bertz CT molecular complexity index is 1110. The predicted molar refractivity (Wildman–Crippen MR) is 111 cm³/mol. The number of amides is 1. The van der Waals surface area contributed by atoms with E-state index in [0.29, 0.717) is 18.4 Å². The van der Waals surface area contributed by atoms with Gasteiger partial charge in [0, 0.05) is 22.5 Å². The second kappa shape index (κ2) is 11.2. The van der Waals surface area contributed by atoms with Crippen molar-refractivity contribution in [2.24, 2.45) is 5.73 Å². The van der Waals surface area contributed by atoms with E-state index in [-0.39, 0.29) is 59.4 Å². The van der Waals surface area contributed by atoms with Crippen LogP contribution < -0.4 is 50.1 Å². The molecular weight excluding hydrogens is 474 g/mol. The summed E-state index contributed by atoms with van der Waals surface area (Å²) in [5.41, 5.74) is 4.42. The fourth-order valence-electron chi connectivity index (χ4n) is 3.13. The molecule has 3 rings (SSSR count). The van der Waals surface area contributed by atoms with Gasteiger partial charge >= 0.3 is 41.7 Å². The summed E-state index contributed by atoms with van der Waals surface area (Å²) in [4.78, 5) is 24.6. The van der Waals surface area contributed by atoms with E-state index >= 15 is 0 Å². The van der Waals surface area contributed by atoms with E-state index in [1.165, 1.54) is 12.1 Å². The number of anilines is 3. The van der Waals surface area contributed by atoms with E-state index in [2.05, 4.69) is 10.0 Å². The number of primary amides is 1. The molecule has 0 fully saturated rings. The van der Waals surface area contributed by atoms with Crippen molar-refractivity contribution in [1.82, 2.24) is 0 Å². The van der Waals surface area contributed by atoms with Crippen LogP contribution in [0.2, 0.25) is 0 Å². The molecule has 1 aliphatic rings. The molecule has 0 spiro atoms. The molecule has 0 aromatic heterocycles. The summed E-state index contributed by atoms with van der Waals surface area (Å²) < 4.78 is 68.2. The van der Waals surface area contributed by atoms with E-state index in [0.717, 1.165) is 30.7 Å². The minimum Gasteiger partial charge on any atom is -1.00 e. The number of carbonyl (C=O) groups excluding carboxylic acids is 2. The van der Waals surface area contributed by atoms with Crippen LogP contribution in [0.4, 0.5) is 30.2 Å². The molecule has 0 aliphatic heterocycles. The summed E-state index contributed by atoms with van der Waals surface area (Å²) in [6.07, 6.45) is -0.829. The Balaban J connectivity index is 0.00000289. The number of nitrogens with two attached hydrogens (primary N) is 1. The van der Waals surface area contributed by atoms with Crippen LogP contribution in [0.3, 0.4) is 0 Å². The first-order valence-electron chi connectivity index (χ1n) is 9.24. The Labute approximate surface area is 212 Å². The first kappa shape index (κ1) is 26.9. The van der Waals surface area contributed by atoms with Gasteiger partial charge in [0.05, 0.1) is 16.9 Å². The quantitative estimate of drug-likeness (QED) is 0.228. The molecule has 2 aromatic rings. The van der Waals surface area contributed by atoms with Gasteiger partial charge in [-0.3, -0.25) is 9.00 Å². The largest absolute Gasteiger partial charge is 1.00 e. The van der Waals surface area contributed by atoms with Gasteiger partial charge in [-0.15, -0.1) is 0 Å². The maximum Gasteiger partial charge on any atom is 1.00 e. The second-order valence-corrected chi connectivity index (χ2v) is 7.45. The van der Waals surface area contributed by atoms with Crippen molar-refractivity contribution in [2.75, 3.05) is 10.0 Å².